The van der Waals surface area contributed by atoms with Crippen molar-refractivity contribution in [2.45, 2.75) is 0 Å². The minimum atomic E-state index is -0.467. The number of methoxy groups -OCH3 is 1. The number of aliphatic imine (C=N–C) groups is 1. The van der Waals surface area contributed by atoms with Gasteiger partial charge in [0, 0.05) is 16.7 Å². The van der Waals surface area contributed by atoms with Gasteiger partial charge in [-0.3, -0.25) is 0 Å². The fourth-order valence-corrected chi connectivity index (χ4v) is 3.86. The van der Waals surface area contributed by atoms with Crippen molar-refractivity contribution < 1.29 is 19.0 Å². The molecule has 0 unspecified atom stereocenters. The highest BCUT2D eigenvalue weighted by molar-refractivity contribution is 7.12. The van der Waals surface area contributed by atoms with Crippen molar-refractivity contribution in [1.82, 2.24) is 0 Å². The van der Waals surface area contributed by atoms with Gasteiger partial charge >= 0.3 is 5.97 Å². The fourth-order valence-electron chi connectivity index (χ4n) is 3.21. The molecule has 0 amide bonds. The van der Waals surface area contributed by atoms with E-state index >= 15 is 0 Å². The Balaban J connectivity index is 1.66. The third-order valence-electron chi connectivity index (χ3n) is 4.63. The average Bonchev–Trinajstić information content (AvgIpc) is 3.43. The van der Waals surface area contributed by atoms with Crippen LogP contribution < -0.4 is 9.47 Å². The molecule has 2 aliphatic heterocycles. The molecule has 0 N–H and O–H groups in total. The van der Waals surface area contributed by atoms with E-state index in [9.17, 15) is 4.79 Å². The first kappa shape index (κ1) is 17.5. The Morgan fingerprint density at radius 3 is 2.55 bits per heavy atom. The molecule has 0 saturated carbocycles. The Morgan fingerprint density at radius 1 is 0.966 bits per heavy atom. The Labute approximate surface area is 171 Å². The summed E-state index contributed by atoms with van der Waals surface area (Å²) in [5.74, 6) is 1.91. The number of esters is 1. The lowest BCUT2D eigenvalue weighted by Crippen LogP contribution is -2.08. The van der Waals surface area contributed by atoms with Crippen LogP contribution in [0.15, 0.2) is 82.8 Å². The van der Waals surface area contributed by atoms with E-state index in [0.717, 1.165) is 21.8 Å². The second-order valence-corrected chi connectivity index (χ2v) is 7.33. The quantitative estimate of drug-likeness (QED) is 0.462. The summed E-state index contributed by atoms with van der Waals surface area (Å²) in [6, 6.07) is 18.9. The number of hydrogen-bond donors (Lipinski definition) is 0. The van der Waals surface area contributed by atoms with E-state index in [-0.39, 0.29) is 5.70 Å². The summed E-state index contributed by atoms with van der Waals surface area (Å²) >= 11 is 1.47. The number of cyclic esters (lactones) is 1. The number of hydrogen-bond acceptors (Lipinski definition) is 6. The van der Waals surface area contributed by atoms with Gasteiger partial charge in [0.2, 0.25) is 5.90 Å². The van der Waals surface area contributed by atoms with Gasteiger partial charge in [0.15, 0.2) is 5.70 Å². The van der Waals surface area contributed by atoms with Crippen LogP contribution in [0.4, 0.5) is 0 Å². The van der Waals surface area contributed by atoms with Crippen LogP contribution in [0.1, 0.15) is 16.0 Å². The van der Waals surface area contributed by atoms with Gasteiger partial charge in [-0.15, -0.1) is 11.3 Å². The van der Waals surface area contributed by atoms with Crippen molar-refractivity contribution in [2.24, 2.45) is 4.99 Å². The molecule has 2 aliphatic rings. The number of carbonyl (C=O) groups is 1. The number of carbonyl (C=O) groups excluding carboxylic acids is 1. The molecule has 0 radical (unpaired) electrons. The maximum atomic E-state index is 12.6. The van der Waals surface area contributed by atoms with Crippen LogP contribution in [0.2, 0.25) is 0 Å². The third-order valence-corrected chi connectivity index (χ3v) is 5.49. The summed E-state index contributed by atoms with van der Waals surface area (Å²) in [7, 11) is 1.62. The summed E-state index contributed by atoms with van der Waals surface area (Å²) in [5.41, 5.74) is 2.62. The van der Waals surface area contributed by atoms with E-state index in [1.54, 1.807) is 7.11 Å². The standard InChI is InChI=1S/C23H15NO4S/c1-26-15-10-8-14(9-11-15)19-13-17(16-5-2-3-6-18(16)27-19)21-23(25)28-22(24-21)20-7-4-12-29-20/h2-13H,1H3. The lowest BCUT2D eigenvalue weighted by molar-refractivity contribution is -0.129. The molecule has 5 rings (SSSR count). The molecule has 0 saturated heterocycles. The summed E-state index contributed by atoms with van der Waals surface area (Å²) in [6.45, 7) is 0. The molecule has 2 aromatic carbocycles. The molecule has 0 bridgehead atoms. The van der Waals surface area contributed by atoms with Gasteiger partial charge in [-0.25, -0.2) is 9.79 Å². The van der Waals surface area contributed by atoms with Crippen LogP contribution in [0.5, 0.6) is 11.5 Å². The zero-order chi connectivity index (χ0) is 19.8. The van der Waals surface area contributed by atoms with E-state index in [4.69, 9.17) is 14.2 Å². The van der Waals surface area contributed by atoms with Crippen molar-refractivity contribution >= 4 is 34.5 Å². The number of thiophene rings is 1. The van der Waals surface area contributed by atoms with Gasteiger partial charge in [0.25, 0.3) is 0 Å². The van der Waals surface area contributed by atoms with E-state index in [0.29, 0.717) is 23.0 Å². The number of nitrogens with zero attached hydrogens (tertiary/aromatic N) is 1. The minimum Gasteiger partial charge on any atom is -0.497 e. The van der Waals surface area contributed by atoms with Crippen LogP contribution in [0.3, 0.4) is 0 Å². The van der Waals surface area contributed by atoms with Crippen LogP contribution in [-0.2, 0) is 9.53 Å². The lowest BCUT2D eigenvalue weighted by Gasteiger charge is -2.20. The Kier molecular flexibility index (Phi) is 4.26. The number of rotatable bonds is 3. The first-order chi connectivity index (χ1) is 14.2. The molecule has 6 heteroatoms. The van der Waals surface area contributed by atoms with Crippen molar-refractivity contribution in [3.63, 3.8) is 0 Å². The molecule has 0 fully saturated rings. The Morgan fingerprint density at radius 2 is 1.79 bits per heavy atom. The highest BCUT2D eigenvalue weighted by Gasteiger charge is 2.30. The molecule has 142 valence electrons. The van der Waals surface area contributed by atoms with E-state index in [1.165, 1.54) is 11.3 Å². The molecule has 0 aliphatic carbocycles. The lowest BCUT2D eigenvalue weighted by atomic mass is 9.97. The van der Waals surface area contributed by atoms with Gasteiger partial charge in [-0.2, -0.15) is 0 Å². The zero-order valence-corrected chi connectivity index (χ0v) is 16.2. The molecule has 0 atom stereocenters. The van der Waals surface area contributed by atoms with Crippen molar-refractivity contribution in [2.75, 3.05) is 7.11 Å². The molecular weight excluding hydrogens is 386 g/mol. The molecule has 29 heavy (non-hydrogen) atoms. The molecule has 1 aromatic heterocycles. The van der Waals surface area contributed by atoms with Gasteiger partial charge in [-0.1, -0.05) is 24.3 Å². The normalized spacial score (nSPS) is 17.8. The number of allylic oxidation sites excluding steroid dienone is 2. The first-order valence-corrected chi connectivity index (χ1v) is 9.83. The molecule has 3 heterocycles. The van der Waals surface area contributed by atoms with Crippen LogP contribution in [0, 0.1) is 0 Å². The Hall–Kier alpha value is -3.64. The predicted molar refractivity (Wildman–Crippen MR) is 112 cm³/mol. The van der Waals surface area contributed by atoms with E-state index in [1.807, 2.05) is 72.1 Å². The highest BCUT2D eigenvalue weighted by Crippen LogP contribution is 2.40. The number of ether oxygens (including phenoxy) is 3. The maximum Gasteiger partial charge on any atom is 0.364 e. The molecule has 0 spiro atoms. The van der Waals surface area contributed by atoms with Gasteiger partial charge in [0.1, 0.15) is 17.3 Å². The van der Waals surface area contributed by atoms with Crippen molar-refractivity contribution in [3.8, 4) is 11.5 Å². The minimum absolute atomic E-state index is 0.273. The van der Waals surface area contributed by atoms with Crippen molar-refractivity contribution in [3.05, 3.63) is 93.8 Å². The molecular formula is C23H15NO4S. The molecule has 5 nitrogen and oxygen atoms in total. The summed E-state index contributed by atoms with van der Waals surface area (Å²) in [5, 5.41) is 1.92. The fraction of sp³-hybridized carbons (Fsp3) is 0.0435. The summed E-state index contributed by atoms with van der Waals surface area (Å²) in [6.07, 6.45) is 1.83. The van der Waals surface area contributed by atoms with Crippen molar-refractivity contribution in [1.29, 1.82) is 0 Å². The van der Waals surface area contributed by atoms with Gasteiger partial charge in [-0.05, 0) is 47.9 Å². The van der Waals surface area contributed by atoms with Gasteiger partial charge in [0.05, 0.1) is 12.0 Å². The zero-order valence-electron chi connectivity index (χ0n) is 15.4. The second kappa shape index (κ2) is 7.07. The first-order valence-electron chi connectivity index (χ1n) is 8.95. The number of fused-ring (bicyclic) bond motifs is 1. The average molecular weight is 401 g/mol. The number of benzene rings is 2. The van der Waals surface area contributed by atoms with Crippen LogP contribution in [-0.4, -0.2) is 19.0 Å². The monoisotopic (exact) mass is 401 g/mol. The molecule has 3 aromatic rings. The van der Waals surface area contributed by atoms with Gasteiger partial charge < -0.3 is 14.2 Å². The predicted octanol–water partition coefficient (Wildman–Crippen LogP) is 4.90. The topological polar surface area (TPSA) is 57.1 Å². The maximum absolute atomic E-state index is 12.6. The summed E-state index contributed by atoms with van der Waals surface area (Å²) in [4.78, 5) is 18.0. The second-order valence-electron chi connectivity index (χ2n) is 6.38. The smallest absolute Gasteiger partial charge is 0.364 e. The highest BCUT2D eigenvalue weighted by atomic mass is 32.1. The van der Waals surface area contributed by atoms with Crippen LogP contribution >= 0.6 is 11.3 Å². The van der Waals surface area contributed by atoms with Crippen LogP contribution in [0.25, 0.3) is 11.3 Å². The third kappa shape index (κ3) is 3.13. The van der Waals surface area contributed by atoms with E-state index in [2.05, 4.69) is 4.99 Å². The summed E-state index contributed by atoms with van der Waals surface area (Å²) < 4.78 is 16.8. The number of para-hydroxylation sites is 1. The Bertz CT molecular complexity index is 1190. The SMILES string of the molecule is COc1ccc(C2=CC(=C3N=C(c4cccs4)OC3=O)c3ccccc3O2)cc1. The van der Waals surface area contributed by atoms with E-state index < -0.39 is 5.97 Å². The largest absolute Gasteiger partial charge is 0.497 e.